The molecule has 34 heavy (non-hydrogen) atoms. The van der Waals surface area contributed by atoms with Gasteiger partial charge in [0.2, 0.25) is 5.76 Å². The molecule has 1 aromatic heterocycles. The molecule has 1 unspecified atom stereocenters. The summed E-state index contributed by atoms with van der Waals surface area (Å²) < 4.78 is 25.4. The van der Waals surface area contributed by atoms with Gasteiger partial charge in [0.1, 0.15) is 17.1 Å². The highest BCUT2D eigenvalue weighted by Gasteiger charge is 2.43. The van der Waals surface area contributed by atoms with Crippen molar-refractivity contribution < 1.29 is 23.1 Å². The molecule has 0 bridgehead atoms. The Morgan fingerprint density at radius 2 is 1.82 bits per heavy atom. The Kier molecular flexibility index (Phi) is 5.24. The number of hydrogen-bond donors (Lipinski definition) is 0. The number of rotatable bonds is 5. The highest BCUT2D eigenvalue weighted by Crippen LogP contribution is 2.42. The van der Waals surface area contributed by atoms with Crippen LogP contribution in [0.4, 0.5) is 10.1 Å². The molecular formula is C27H20FNO5. The van der Waals surface area contributed by atoms with Crippen LogP contribution in [-0.4, -0.2) is 18.3 Å². The SMILES string of the molecule is CCOc1cccc(C2c3c(oc4ccc(F)cc4c3=O)C(=O)N2c2ccc(C(C)=O)cc2)c1. The van der Waals surface area contributed by atoms with E-state index in [1.54, 1.807) is 48.5 Å². The third-order valence-electron chi connectivity index (χ3n) is 5.87. The van der Waals surface area contributed by atoms with Gasteiger partial charge in [0.15, 0.2) is 11.2 Å². The molecule has 1 atom stereocenters. The quantitative estimate of drug-likeness (QED) is 0.381. The fourth-order valence-electron chi connectivity index (χ4n) is 4.32. The third kappa shape index (κ3) is 3.46. The minimum atomic E-state index is -0.824. The summed E-state index contributed by atoms with van der Waals surface area (Å²) in [5.74, 6) is -0.680. The molecule has 0 fully saturated rings. The fourth-order valence-corrected chi connectivity index (χ4v) is 4.32. The van der Waals surface area contributed by atoms with E-state index >= 15 is 0 Å². The molecule has 6 nitrogen and oxygen atoms in total. The molecule has 1 aliphatic rings. The van der Waals surface area contributed by atoms with Crippen LogP contribution in [0.1, 0.15) is 51.9 Å². The highest BCUT2D eigenvalue weighted by atomic mass is 19.1. The number of halogens is 1. The van der Waals surface area contributed by atoms with Gasteiger partial charge in [-0.25, -0.2) is 4.39 Å². The predicted molar refractivity (Wildman–Crippen MR) is 125 cm³/mol. The van der Waals surface area contributed by atoms with Crippen molar-refractivity contribution in [2.24, 2.45) is 0 Å². The van der Waals surface area contributed by atoms with Crippen LogP contribution in [0.5, 0.6) is 5.75 Å². The Balaban J connectivity index is 1.76. The number of hydrogen-bond acceptors (Lipinski definition) is 5. The number of carbonyl (C=O) groups is 2. The molecule has 0 saturated carbocycles. The van der Waals surface area contributed by atoms with E-state index in [9.17, 15) is 18.8 Å². The number of ketones is 1. The van der Waals surface area contributed by atoms with E-state index in [2.05, 4.69) is 0 Å². The van der Waals surface area contributed by atoms with E-state index in [1.165, 1.54) is 24.0 Å². The summed E-state index contributed by atoms with van der Waals surface area (Å²) in [5.41, 5.74) is 1.41. The molecule has 5 rings (SSSR count). The van der Waals surface area contributed by atoms with E-state index in [-0.39, 0.29) is 28.1 Å². The van der Waals surface area contributed by atoms with Crippen LogP contribution >= 0.6 is 0 Å². The van der Waals surface area contributed by atoms with Crippen LogP contribution in [0.2, 0.25) is 0 Å². The molecule has 1 aliphatic heterocycles. The maximum Gasteiger partial charge on any atom is 0.295 e. The first-order valence-corrected chi connectivity index (χ1v) is 10.8. The van der Waals surface area contributed by atoms with Crippen LogP contribution in [0, 0.1) is 5.82 Å². The Labute approximate surface area is 194 Å². The fraction of sp³-hybridized carbons (Fsp3) is 0.148. The van der Waals surface area contributed by atoms with E-state index in [0.717, 1.165) is 6.07 Å². The van der Waals surface area contributed by atoms with Gasteiger partial charge in [-0.3, -0.25) is 19.3 Å². The van der Waals surface area contributed by atoms with Crippen LogP contribution in [0.25, 0.3) is 11.0 Å². The van der Waals surface area contributed by atoms with Crippen LogP contribution < -0.4 is 15.1 Å². The monoisotopic (exact) mass is 457 g/mol. The standard InChI is InChI=1S/C27H20FNO5/c1-3-33-20-6-4-5-17(13-20)24-23-25(31)21-14-18(28)9-12-22(21)34-26(23)27(32)29(24)19-10-7-16(8-11-19)15(2)30/h4-14,24H,3H2,1-2H3. The molecule has 170 valence electrons. The Hall–Kier alpha value is -4.26. The van der Waals surface area contributed by atoms with Crippen molar-refractivity contribution in [2.45, 2.75) is 19.9 Å². The number of ether oxygens (including phenoxy) is 1. The lowest BCUT2D eigenvalue weighted by Crippen LogP contribution is -2.29. The first-order valence-electron chi connectivity index (χ1n) is 10.8. The van der Waals surface area contributed by atoms with Crippen molar-refractivity contribution in [3.8, 4) is 5.75 Å². The van der Waals surface area contributed by atoms with Gasteiger partial charge in [-0.05, 0) is 74.0 Å². The second kappa shape index (κ2) is 8.26. The minimum absolute atomic E-state index is 0.0614. The zero-order chi connectivity index (χ0) is 24.0. The van der Waals surface area contributed by atoms with E-state index < -0.39 is 23.2 Å². The Bertz CT molecular complexity index is 1510. The van der Waals surface area contributed by atoms with Gasteiger partial charge in [0.05, 0.1) is 23.6 Å². The van der Waals surface area contributed by atoms with Gasteiger partial charge < -0.3 is 9.15 Å². The van der Waals surface area contributed by atoms with E-state index in [1.807, 2.05) is 6.92 Å². The number of anilines is 1. The summed E-state index contributed by atoms with van der Waals surface area (Å²) >= 11 is 0. The molecule has 0 N–H and O–H groups in total. The van der Waals surface area contributed by atoms with Crippen LogP contribution in [-0.2, 0) is 0 Å². The summed E-state index contributed by atoms with van der Waals surface area (Å²) in [4.78, 5) is 40.3. The summed E-state index contributed by atoms with van der Waals surface area (Å²) in [5, 5.41) is 0.0614. The lowest BCUT2D eigenvalue weighted by atomic mass is 9.98. The van der Waals surface area contributed by atoms with E-state index in [0.29, 0.717) is 29.2 Å². The average molecular weight is 457 g/mol. The summed E-state index contributed by atoms with van der Waals surface area (Å²) in [7, 11) is 0. The van der Waals surface area contributed by atoms with Crippen LogP contribution in [0.15, 0.2) is 75.9 Å². The summed E-state index contributed by atoms with van der Waals surface area (Å²) in [6.45, 7) is 3.77. The molecule has 0 saturated heterocycles. The van der Waals surface area contributed by atoms with Crippen LogP contribution in [0.3, 0.4) is 0 Å². The number of nitrogens with zero attached hydrogens (tertiary/aromatic N) is 1. The van der Waals surface area contributed by atoms with Gasteiger partial charge in [0, 0.05) is 11.3 Å². The number of carbonyl (C=O) groups excluding carboxylic acids is 2. The molecule has 0 aliphatic carbocycles. The molecule has 1 amide bonds. The second-order valence-corrected chi connectivity index (χ2v) is 8.00. The smallest absolute Gasteiger partial charge is 0.295 e. The number of Topliss-reactive ketones (excluding diaryl/α,β-unsaturated/α-hetero) is 1. The number of fused-ring (bicyclic) bond motifs is 2. The first kappa shape index (κ1) is 21.6. The number of benzene rings is 3. The molecule has 4 aromatic rings. The van der Waals surface area contributed by atoms with Crippen molar-refractivity contribution in [2.75, 3.05) is 11.5 Å². The van der Waals surface area contributed by atoms with Gasteiger partial charge >= 0.3 is 0 Å². The van der Waals surface area contributed by atoms with Gasteiger partial charge in [-0.15, -0.1) is 0 Å². The van der Waals surface area contributed by atoms with Crippen molar-refractivity contribution in [3.63, 3.8) is 0 Å². The normalized spacial score (nSPS) is 15.0. The first-order chi connectivity index (χ1) is 16.4. The Morgan fingerprint density at radius 1 is 1.06 bits per heavy atom. The van der Waals surface area contributed by atoms with E-state index in [4.69, 9.17) is 9.15 Å². The summed E-state index contributed by atoms with van der Waals surface area (Å²) in [6.07, 6.45) is 0. The maximum atomic E-state index is 13.9. The van der Waals surface area contributed by atoms with Crippen molar-refractivity contribution in [1.29, 1.82) is 0 Å². The van der Waals surface area contributed by atoms with Gasteiger partial charge in [0.25, 0.3) is 5.91 Å². The van der Waals surface area contributed by atoms with Gasteiger partial charge in [-0.2, -0.15) is 0 Å². The topological polar surface area (TPSA) is 76.8 Å². The van der Waals surface area contributed by atoms with Gasteiger partial charge in [-0.1, -0.05) is 12.1 Å². The average Bonchev–Trinajstić information content (AvgIpc) is 3.12. The highest BCUT2D eigenvalue weighted by molar-refractivity contribution is 6.11. The minimum Gasteiger partial charge on any atom is -0.494 e. The number of amides is 1. The van der Waals surface area contributed by atoms with Crippen molar-refractivity contribution >= 4 is 28.3 Å². The van der Waals surface area contributed by atoms with Crippen molar-refractivity contribution in [3.05, 3.63) is 105 Å². The zero-order valence-corrected chi connectivity index (χ0v) is 18.5. The molecular weight excluding hydrogens is 437 g/mol. The third-order valence-corrected chi connectivity index (χ3v) is 5.87. The lowest BCUT2D eigenvalue weighted by molar-refractivity contribution is 0.0970. The predicted octanol–water partition coefficient (Wildman–Crippen LogP) is 5.28. The second-order valence-electron chi connectivity index (χ2n) is 8.00. The summed E-state index contributed by atoms with van der Waals surface area (Å²) in [6, 6.07) is 16.5. The molecule has 2 heterocycles. The largest absolute Gasteiger partial charge is 0.494 e. The molecule has 7 heteroatoms. The van der Waals surface area contributed by atoms with Crippen molar-refractivity contribution in [1.82, 2.24) is 0 Å². The Morgan fingerprint density at radius 3 is 2.53 bits per heavy atom. The maximum absolute atomic E-state index is 13.9. The molecule has 3 aromatic carbocycles. The zero-order valence-electron chi connectivity index (χ0n) is 18.5. The molecule has 0 radical (unpaired) electrons. The lowest BCUT2D eigenvalue weighted by Gasteiger charge is -2.25. The molecule has 0 spiro atoms.